The number of amides is 1. The summed E-state index contributed by atoms with van der Waals surface area (Å²) >= 11 is 0. The Bertz CT molecular complexity index is 321. The molecule has 1 atom stereocenters. The van der Waals surface area contributed by atoms with Crippen LogP contribution in [0.4, 0.5) is 4.39 Å². The lowest BCUT2D eigenvalue weighted by Crippen LogP contribution is -2.33. The third-order valence-electron chi connectivity index (χ3n) is 1.94. The van der Waals surface area contributed by atoms with Gasteiger partial charge in [0.25, 0.3) is 0 Å². The van der Waals surface area contributed by atoms with Gasteiger partial charge in [0.1, 0.15) is 11.9 Å². The predicted octanol–water partition coefficient (Wildman–Crippen LogP) is 0.914. The van der Waals surface area contributed by atoms with Crippen molar-refractivity contribution in [2.75, 3.05) is 14.1 Å². The zero-order valence-electron chi connectivity index (χ0n) is 8.20. The smallest absolute Gasteiger partial charge is 0.243 e. The van der Waals surface area contributed by atoms with Crippen molar-refractivity contribution in [3.63, 3.8) is 0 Å². The average molecular weight is 196 g/mol. The molecule has 1 rings (SSSR count). The lowest BCUT2D eigenvalue weighted by atomic mass is 10.1. The number of benzene rings is 1. The van der Waals surface area contributed by atoms with E-state index in [1.165, 1.54) is 29.2 Å². The molecule has 4 heteroatoms. The number of hydrogen-bond acceptors (Lipinski definition) is 2. The Morgan fingerprint density at radius 2 is 1.86 bits per heavy atom. The summed E-state index contributed by atoms with van der Waals surface area (Å²) in [5.74, 6) is -0.533. The van der Waals surface area contributed by atoms with Gasteiger partial charge in [0.2, 0.25) is 5.91 Å². The molecule has 0 aliphatic carbocycles. The van der Waals surface area contributed by atoms with Gasteiger partial charge >= 0.3 is 0 Å². The fourth-order valence-electron chi connectivity index (χ4n) is 1.09. The zero-order chi connectivity index (χ0) is 10.7. The number of nitrogens with two attached hydrogens (primary N) is 1. The third-order valence-corrected chi connectivity index (χ3v) is 1.94. The van der Waals surface area contributed by atoms with Crippen molar-refractivity contribution < 1.29 is 9.18 Å². The van der Waals surface area contributed by atoms with Crippen LogP contribution in [0.15, 0.2) is 24.3 Å². The topological polar surface area (TPSA) is 46.3 Å². The van der Waals surface area contributed by atoms with Gasteiger partial charge < -0.3 is 10.6 Å². The van der Waals surface area contributed by atoms with Crippen LogP contribution in [0.25, 0.3) is 0 Å². The second-order valence-electron chi connectivity index (χ2n) is 3.26. The number of halogens is 1. The fourth-order valence-corrected chi connectivity index (χ4v) is 1.09. The van der Waals surface area contributed by atoms with Gasteiger partial charge in [-0.05, 0) is 17.7 Å². The molecule has 0 spiro atoms. The first kappa shape index (κ1) is 10.7. The lowest BCUT2D eigenvalue weighted by molar-refractivity contribution is -0.130. The molecule has 14 heavy (non-hydrogen) atoms. The molecule has 0 saturated carbocycles. The van der Waals surface area contributed by atoms with Crippen molar-refractivity contribution in [3.05, 3.63) is 35.6 Å². The second-order valence-corrected chi connectivity index (χ2v) is 3.26. The molecule has 1 amide bonds. The van der Waals surface area contributed by atoms with Crippen molar-refractivity contribution in [2.45, 2.75) is 6.04 Å². The highest BCUT2D eigenvalue weighted by Gasteiger charge is 2.16. The Labute approximate surface area is 82.3 Å². The van der Waals surface area contributed by atoms with E-state index in [4.69, 9.17) is 5.73 Å². The third kappa shape index (κ3) is 2.29. The molecule has 0 radical (unpaired) electrons. The van der Waals surface area contributed by atoms with Crippen LogP contribution in [0.5, 0.6) is 0 Å². The Morgan fingerprint density at radius 1 is 1.36 bits per heavy atom. The van der Waals surface area contributed by atoms with Crippen LogP contribution in [0.2, 0.25) is 0 Å². The first-order chi connectivity index (χ1) is 6.52. The average Bonchev–Trinajstić information content (AvgIpc) is 2.16. The van der Waals surface area contributed by atoms with Crippen LogP contribution in [-0.4, -0.2) is 24.9 Å². The van der Waals surface area contributed by atoms with Gasteiger partial charge in [0, 0.05) is 14.1 Å². The Kier molecular flexibility index (Phi) is 3.19. The molecule has 0 bridgehead atoms. The van der Waals surface area contributed by atoms with Crippen molar-refractivity contribution in [3.8, 4) is 0 Å². The predicted molar refractivity (Wildman–Crippen MR) is 52.0 cm³/mol. The molecule has 0 aliphatic rings. The van der Waals surface area contributed by atoms with Gasteiger partial charge in [-0.3, -0.25) is 4.79 Å². The molecular weight excluding hydrogens is 183 g/mol. The number of rotatable bonds is 2. The molecular formula is C10H13FN2O. The first-order valence-electron chi connectivity index (χ1n) is 4.24. The summed E-state index contributed by atoms with van der Waals surface area (Å²) < 4.78 is 12.6. The number of hydrogen-bond donors (Lipinski definition) is 1. The maximum atomic E-state index is 12.6. The molecule has 3 nitrogen and oxygen atoms in total. The molecule has 1 unspecified atom stereocenters. The molecule has 76 valence electrons. The highest BCUT2D eigenvalue weighted by Crippen LogP contribution is 2.12. The van der Waals surface area contributed by atoms with Crippen LogP contribution in [0.1, 0.15) is 11.6 Å². The molecule has 0 aliphatic heterocycles. The zero-order valence-corrected chi connectivity index (χ0v) is 8.20. The van der Waals surface area contributed by atoms with E-state index in [1.54, 1.807) is 14.1 Å². The summed E-state index contributed by atoms with van der Waals surface area (Å²) in [6.07, 6.45) is 0. The largest absolute Gasteiger partial charge is 0.347 e. The Balaban J connectivity index is 2.84. The summed E-state index contributed by atoms with van der Waals surface area (Å²) in [4.78, 5) is 12.8. The molecule has 0 saturated heterocycles. The molecule has 0 fully saturated rings. The number of carbonyl (C=O) groups excluding carboxylic acids is 1. The normalized spacial score (nSPS) is 12.3. The van der Waals surface area contributed by atoms with Crippen LogP contribution in [0, 0.1) is 5.82 Å². The minimum atomic E-state index is -0.717. The second kappa shape index (κ2) is 4.19. The van der Waals surface area contributed by atoms with Gasteiger partial charge in [0.15, 0.2) is 0 Å². The van der Waals surface area contributed by atoms with Gasteiger partial charge in [-0.15, -0.1) is 0 Å². The minimum Gasteiger partial charge on any atom is -0.347 e. The minimum absolute atomic E-state index is 0.198. The van der Waals surface area contributed by atoms with Gasteiger partial charge in [-0.2, -0.15) is 0 Å². The maximum Gasteiger partial charge on any atom is 0.243 e. The van der Waals surface area contributed by atoms with Crippen molar-refractivity contribution in [1.82, 2.24) is 4.90 Å². The van der Waals surface area contributed by atoms with Crippen molar-refractivity contribution in [1.29, 1.82) is 0 Å². The SMILES string of the molecule is CN(C)C(=O)C(N)c1ccc(F)cc1. The molecule has 2 N–H and O–H groups in total. The first-order valence-corrected chi connectivity index (χ1v) is 4.24. The van der Waals surface area contributed by atoms with Gasteiger partial charge in [0.05, 0.1) is 0 Å². The molecule has 1 aromatic carbocycles. The maximum absolute atomic E-state index is 12.6. The standard InChI is InChI=1S/C10H13FN2O/c1-13(2)10(14)9(12)7-3-5-8(11)6-4-7/h3-6,9H,12H2,1-2H3. The van der Waals surface area contributed by atoms with E-state index in [1.807, 2.05) is 0 Å². The van der Waals surface area contributed by atoms with E-state index in [2.05, 4.69) is 0 Å². The van der Waals surface area contributed by atoms with Crippen molar-refractivity contribution in [2.24, 2.45) is 5.73 Å². The van der Waals surface area contributed by atoms with Crippen LogP contribution in [0.3, 0.4) is 0 Å². The summed E-state index contributed by atoms with van der Waals surface area (Å²) in [7, 11) is 3.26. The van der Waals surface area contributed by atoms with E-state index in [9.17, 15) is 9.18 Å². The van der Waals surface area contributed by atoms with Gasteiger partial charge in [-0.25, -0.2) is 4.39 Å². The molecule has 1 aromatic rings. The quantitative estimate of drug-likeness (QED) is 0.764. The molecule has 0 aromatic heterocycles. The summed E-state index contributed by atoms with van der Waals surface area (Å²) in [5, 5.41) is 0. The molecule has 0 heterocycles. The van der Waals surface area contributed by atoms with Crippen molar-refractivity contribution >= 4 is 5.91 Å². The Morgan fingerprint density at radius 3 is 2.29 bits per heavy atom. The Hall–Kier alpha value is -1.42. The highest BCUT2D eigenvalue weighted by atomic mass is 19.1. The highest BCUT2D eigenvalue weighted by molar-refractivity contribution is 5.82. The van der Waals surface area contributed by atoms with E-state index in [0.717, 1.165) is 0 Å². The van der Waals surface area contributed by atoms with Crippen LogP contribution < -0.4 is 5.73 Å². The lowest BCUT2D eigenvalue weighted by Gasteiger charge is -2.16. The summed E-state index contributed by atoms with van der Waals surface area (Å²) in [5.41, 5.74) is 6.29. The monoisotopic (exact) mass is 196 g/mol. The van der Waals surface area contributed by atoms with Crippen LogP contribution in [-0.2, 0) is 4.79 Å². The van der Waals surface area contributed by atoms with E-state index in [0.29, 0.717) is 5.56 Å². The van der Waals surface area contributed by atoms with E-state index in [-0.39, 0.29) is 11.7 Å². The van der Waals surface area contributed by atoms with Gasteiger partial charge in [-0.1, -0.05) is 12.1 Å². The number of carbonyl (C=O) groups is 1. The summed E-state index contributed by atoms with van der Waals surface area (Å²) in [6, 6.07) is 4.89. The number of likely N-dealkylation sites (N-methyl/N-ethyl adjacent to an activating group) is 1. The fraction of sp³-hybridized carbons (Fsp3) is 0.300. The van der Waals surface area contributed by atoms with E-state index >= 15 is 0 Å². The number of nitrogens with zero attached hydrogens (tertiary/aromatic N) is 1. The van der Waals surface area contributed by atoms with E-state index < -0.39 is 6.04 Å². The summed E-state index contributed by atoms with van der Waals surface area (Å²) in [6.45, 7) is 0. The van der Waals surface area contributed by atoms with Crippen LogP contribution >= 0.6 is 0 Å².